The Morgan fingerprint density at radius 1 is 1.21 bits per heavy atom. The van der Waals surface area contributed by atoms with E-state index in [1.165, 1.54) is 6.42 Å². The topological polar surface area (TPSA) is 70.1 Å². The number of aliphatic hydroxyl groups is 1. The van der Waals surface area contributed by atoms with E-state index in [1.807, 2.05) is 19.1 Å². The SMILES string of the molecule is CCCCCC(C)(O)/C=C/C1OC1CCCCCCC(C)C(=O)O. The maximum atomic E-state index is 10.7. The van der Waals surface area contributed by atoms with Gasteiger partial charge in [-0.15, -0.1) is 0 Å². The lowest BCUT2D eigenvalue weighted by molar-refractivity contribution is -0.141. The van der Waals surface area contributed by atoms with Gasteiger partial charge in [0.15, 0.2) is 0 Å². The summed E-state index contributed by atoms with van der Waals surface area (Å²) in [5.74, 6) is -0.919. The molecule has 0 aromatic heterocycles. The van der Waals surface area contributed by atoms with Gasteiger partial charge in [0.05, 0.1) is 17.6 Å². The van der Waals surface area contributed by atoms with Crippen LogP contribution in [0.15, 0.2) is 12.2 Å². The summed E-state index contributed by atoms with van der Waals surface area (Å²) >= 11 is 0. The molecule has 0 radical (unpaired) electrons. The van der Waals surface area contributed by atoms with Gasteiger partial charge in [-0.3, -0.25) is 4.79 Å². The van der Waals surface area contributed by atoms with Crippen molar-refractivity contribution in [3.63, 3.8) is 0 Å². The number of aliphatic carboxylic acids is 1. The van der Waals surface area contributed by atoms with Crippen LogP contribution in [0.5, 0.6) is 0 Å². The highest BCUT2D eigenvalue weighted by atomic mass is 16.6. The van der Waals surface area contributed by atoms with Crippen LogP contribution in [-0.4, -0.2) is 34.0 Å². The van der Waals surface area contributed by atoms with E-state index in [0.29, 0.717) is 6.10 Å². The Hall–Kier alpha value is -0.870. The van der Waals surface area contributed by atoms with E-state index < -0.39 is 11.6 Å². The molecular formula is C20H36O4. The Kier molecular flexibility index (Phi) is 9.60. The van der Waals surface area contributed by atoms with Crippen LogP contribution in [0.1, 0.15) is 85.0 Å². The van der Waals surface area contributed by atoms with Crippen molar-refractivity contribution >= 4 is 5.97 Å². The smallest absolute Gasteiger partial charge is 0.306 e. The third-order valence-electron chi connectivity index (χ3n) is 4.85. The van der Waals surface area contributed by atoms with Crippen molar-refractivity contribution in [3.05, 3.63) is 12.2 Å². The number of hydrogen-bond acceptors (Lipinski definition) is 3. The van der Waals surface area contributed by atoms with Crippen LogP contribution in [0.4, 0.5) is 0 Å². The van der Waals surface area contributed by atoms with E-state index in [0.717, 1.165) is 57.8 Å². The number of ether oxygens (including phenoxy) is 1. The van der Waals surface area contributed by atoms with E-state index in [1.54, 1.807) is 6.92 Å². The van der Waals surface area contributed by atoms with Crippen molar-refractivity contribution in [2.45, 2.75) is 103 Å². The molecule has 4 nitrogen and oxygen atoms in total. The molecule has 24 heavy (non-hydrogen) atoms. The van der Waals surface area contributed by atoms with Crippen LogP contribution >= 0.6 is 0 Å². The molecule has 4 heteroatoms. The molecule has 140 valence electrons. The fraction of sp³-hybridized carbons (Fsp3) is 0.850. The predicted molar refractivity (Wildman–Crippen MR) is 97.1 cm³/mol. The molecular weight excluding hydrogens is 304 g/mol. The first-order valence-electron chi connectivity index (χ1n) is 9.65. The standard InChI is InChI=1S/C20H36O4/c1-4-5-10-14-20(3,23)15-13-18-17(24-18)12-9-7-6-8-11-16(2)19(21)22/h13,15-18,23H,4-12,14H2,1-3H3,(H,21,22)/b15-13+. The lowest BCUT2D eigenvalue weighted by Crippen LogP contribution is -2.20. The second-order valence-electron chi connectivity index (χ2n) is 7.54. The van der Waals surface area contributed by atoms with Crippen molar-refractivity contribution in [2.24, 2.45) is 5.92 Å². The maximum absolute atomic E-state index is 10.7. The molecule has 4 atom stereocenters. The maximum Gasteiger partial charge on any atom is 0.306 e. The minimum Gasteiger partial charge on any atom is -0.481 e. The molecule has 0 aromatic carbocycles. The predicted octanol–water partition coefficient (Wildman–Crippen LogP) is 4.70. The van der Waals surface area contributed by atoms with Gasteiger partial charge in [-0.1, -0.05) is 70.9 Å². The quantitative estimate of drug-likeness (QED) is 0.273. The zero-order chi connectivity index (χ0) is 18.0. The Labute approximate surface area is 147 Å². The van der Waals surface area contributed by atoms with Crippen molar-refractivity contribution < 1.29 is 19.7 Å². The molecule has 1 aliphatic rings. The van der Waals surface area contributed by atoms with Crippen LogP contribution in [0.3, 0.4) is 0 Å². The molecule has 1 rings (SSSR count). The molecule has 0 bridgehead atoms. The number of rotatable bonds is 14. The number of carboxylic acid groups (broad SMARTS) is 1. The molecule has 0 aliphatic carbocycles. The lowest BCUT2D eigenvalue weighted by Gasteiger charge is -2.18. The van der Waals surface area contributed by atoms with Gasteiger partial charge in [-0.25, -0.2) is 0 Å². The summed E-state index contributed by atoms with van der Waals surface area (Å²) in [6.45, 7) is 5.81. The number of carboxylic acids is 1. The Balaban J connectivity index is 2.04. The molecule has 0 saturated carbocycles. The van der Waals surface area contributed by atoms with E-state index >= 15 is 0 Å². The average molecular weight is 341 g/mol. The zero-order valence-corrected chi connectivity index (χ0v) is 15.7. The van der Waals surface area contributed by atoms with Gasteiger partial charge in [-0.05, 0) is 26.2 Å². The normalized spacial score (nSPS) is 24.0. The lowest BCUT2D eigenvalue weighted by atomic mass is 9.97. The molecule has 1 heterocycles. The van der Waals surface area contributed by atoms with Crippen molar-refractivity contribution in [2.75, 3.05) is 0 Å². The van der Waals surface area contributed by atoms with Gasteiger partial charge in [0, 0.05) is 0 Å². The molecule has 1 aliphatic heterocycles. The van der Waals surface area contributed by atoms with E-state index in [2.05, 4.69) is 6.92 Å². The molecule has 1 saturated heterocycles. The summed E-state index contributed by atoms with van der Waals surface area (Å²) in [5.41, 5.74) is -0.716. The van der Waals surface area contributed by atoms with Crippen molar-refractivity contribution in [1.29, 1.82) is 0 Å². The van der Waals surface area contributed by atoms with Gasteiger partial charge in [0.1, 0.15) is 6.10 Å². The highest BCUT2D eigenvalue weighted by molar-refractivity contribution is 5.69. The third-order valence-corrected chi connectivity index (χ3v) is 4.85. The highest BCUT2D eigenvalue weighted by Crippen LogP contribution is 2.30. The first kappa shape index (κ1) is 21.2. The number of carbonyl (C=O) groups is 1. The Morgan fingerprint density at radius 2 is 1.92 bits per heavy atom. The minimum atomic E-state index is -0.716. The van der Waals surface area contributed by atoms with Gasteiger partial charge in [-0.2, -0.15) is 0 Å². The molecule has 0 spiro atoms. The van der Waals surface area contributed by atoms with E-state index in [9.17, 15) is 9.90 Å². The van der Waals surface area contributed by atoms with Crippen LogP contribution in [-0.2, 0) is 9.53 Å². The van der Waals surface area contributed by atoms with Gasteiger partial charge >= 0.3 is 5.97 Å². The fourth-order valence-electron chi connectivity index (χ4n) is 2.95. The first-order valence-corrected chi connectivity index (χ1v) is 9.65. The molecule has 0 aromatic rings. The number of unbranched alkanes of at least 4 members (excludes halogenated alkanes) is 5. The number of epoxide rings is 1. The Morgan fingerprint density at radius 3 is 2.58 bits per heavy atom. The number of hydrogen-bond donors (Lipinski definition) is 2. The Bertz CT molecular complexity index is 389. The summed E-state index contributed by atoms with van der Waals surface area (Å²) < 4.78 is 5.64. The highest BCUT2D eigenvalue weighted by Gasteiger charge is 2.36. The minimum absolute atomic E-state index is 0.176. The van der Waals surface area contributed by atoms with Gasteiger partial charge in [0.25, 0.3) is 0 Å². The molecule has 0 amide bonds. The van der Waals surface area contributed by atoms with Crippen molar-refractivity contribution in [1.82, 2.24) is 0 Å². The largest absolute Gasteiger partial charge is 0.481 e. The first-order chi connectivity index (χ1) is 11.4. The summed E-state index contributed by atoms with van der Waals surface area (Å²) in [5, 5.41) is 19.1. The molecule has 1 fully saturated rings. The fourth-order valence-corrected chi connectivity index (χ4v) is 2.95. The molecule has 4 unspecified atom stereocenters. The van der Waals surface area contributed by atoms with Crippen molar-refractivity contribution in [3.8, 4) is 0 Å². The second kappa shape index (κ2) is 10.9. The van der Waals surface area contributed by atoms with Crippen LogP contribution in [0.2, 0.25) is 0 Å². The molecule has 2 N–H and O–H groups in total. The van der Waals surface area contributed by atoms with E-state index in [4.69, 9.17) is 9.84 Å². The monoisotopic (exact) mass is 340 g/mol. The second-order valence-corrected chi connectivity index (χ2v) is 7.54. The van der Waals surface area contributed by atoms with Crippen LogP contribution < -0.4 is 0 Å². The van der Waals surface area contributed by atoms with E-state index in [-0.39, 0.29) is 12.0 Å². The summed E-state index contributed by atoms with van der Waals surface area (Å²) in [6, 6.07) is 0. The zero-order valence-electron chi connectivity index (χ0n) is 15.7. The third kappa shape index (κ3) is 9.43. The summed E-state index contributed by atoms with van der Waals surface area (Å²) in [7, 11) is 0. The van der Waals surface area contributed by atoms with Gasteiger partial charge in [0.2, 0.25) is 0 Å². The van der Waals surface area contributed by atoms with Crippen LogP contribution in [0, 0.1) is 5.92 Å². The van der Waals surface area contributed by atoms with Crippen LogP contribution in [0.25, 0.3) is 0 Å². The summed E-state index contributed by atoms with van der Waals surface area (Å²) in [4.78, 5) is 10.7. The summed E-state index contributed by atoms with van der Waals surface area (Å²) in [6.07, 6.45) is 14.8. The average Bonchev–Trinajstić information content (AvgIpc) is 3.27. The van der Waals surface area contributed by atoms with Gasteiger partial charge < -0.3 is 14.9 Å².